The Bertz CT molecular complexity index is 328. The Morgan fingerprint density at radius 2 is 1.78 bits per heavy atom. The maximum atomic E-state index is 10.8. The molecule has 23 heavy (non-hydrogen) atoms. The summed E-state index contributed by atoms with van der Waals surface area (Å²) in [5, 5.41) is 0. The fourth-order valence-electron chi connectivity index (χ4n) is 1.83. The number of allylic oxidation sites excluding steroid dienone is 1. The van der Waals surface area contributed by atoms with Crippen molar-refractivity contribution in [3.8, 4) is 0 Å². The molecule has 0 heterocycles. The van der Waals surface area contributed by atoms with Gasteiger partial charge in [-0.2, -0.15) is 0 Å². The second-order valence-electron chi connectivity index (χ2n) is 4.72. The van der Waals surface area contributed by atoms with E-state index in [1.54, 1.807) is 21.3 Å². The molecule has 0 aromatic heterocycles. The van der Waals surface area contributed by atoms with Crippen LogP contribution in [0.2, 0.25) is 12.6 Å². The highest BCUT2D eigenvalue weighted by molar-refractivity contribution is 6.77. The van der Waals surface area contributed by atoms with E-state index in [2.05, 4.69) is 18.8 Å². The molecule has 136 valence electrons. The average Bonchev–Trinajstić information content (AvgIpc) is 2.54. The highest BCUT2D eigenvalue weighted by Crippen LogP contribution is 2.16. The number of hydrogen-bond donors (Lipinski definition) is 0. The van der Waals surface area contributed by atoms with Gasteiger partial charge in [0, 0.05) is 34.0 Å². The molecular formula is C15H32O6Si2. The van der Waals surface area contributed by atoms with Crippen molar-refractivity contribution >= 4 is 23.8 Å². The molecule has 0 N–H and O–H groups in total. The fraction of sp³-hybridized carbons (Fsp3) is 0.667. The Balaban J connectivity index is 0. The molecule has 0 saturated heterocycles. The van der Waals surface area contributed by atoms with Crippen LogP contribution in [0.1, 0.15) is 20.3 Å². The van der Waals surface area contributed by atoms with E-state index in [-0.39, 0.29) is 5.97 Å². The molecular weight excluding hydrogens is 332 g/mol. The molecule has 0 fully saturated rings. The molecule has 0 aliphatic rings. The van der Waals surface area contributed by atoms with Gasteiger partial charge >= 0.3 is 15.5 Å². The summed E-state index contributed by atoms with van der Waals surface area (Å²) in [5.74, 6) is -0.356. The molecule has 0 radical (unpaired) electrons. The van der Waals surface area contributed by atoms with E-state index in [4.69, 9.17) is 22.4 Å². The van der Waals surface area contributed by atoms with Crippen molar-refractivity contribution < 1.29 is 27.2 Å². The predicted molar refractivity (Wildman–Crippen MR) is 96.8 cm³/mol. The standard InChI is InChI=1S/C12H22O3Si.C3H10O3Si/c1-5-10-16(4,15-7-3)11-8-9-14-12(13)6-2;1-4-7(5-2)6-3/h5-6,10H,2,7-9,11H2,1,3-4H3;7H,1-3H3/t16-;/m0./s1. The lowest BCUT2D eigenvalue weighted by Gasteiger charge is -2.22. The Morgan fingerprint density at radius 1 is 1.22 bits per heavy atom. The van der Waals surface area contributed by atoms with Crippen LogP contribution in [0.25, 0.3) is 0 Å². The van der Waals surface area contributed by atoms with Crippen molar-refractivity contribution in [2.45, 2.75) is 32.9 Å². The first-order valence-electron chi connectivity index (χ1n) is 7.58. The van der Waals surface area contributed by atoms with E-state index in [1.807, 2.05) is 19.9 Å². The molecule has 0 spiro atoms. The smallest absolute Gasteiger partial charge is 0.463 e. The number of carbonyl (C=O) groups excluding carboxylic acids is 1. The van der Waals surface area contributed by atoms with Crippen molar-refractivity contribution in [1.82, 2.24) is 0 Å². The zero-order valence-electron chi connectivity index (χ0n) is 15.3. The van der Waals surface area contributed by atoms with Crippen LogP contribution in [-0.2, 0) is 27.2 Å². The number of carbonyl (C=O) groups is 1. The number of ether oxygens (including phenoxy) is 1. The van der Waals surface area contributed by atoms with Gasteiger partial charge < -0.3 is 22.4 Å². The molecule has 0 aromatic rings. The fourth-order valence-corrected chi connectivity index (χ4v) is 5.02. The van der Waals surface area contributed by atoms with Crippen LogP contribution in [0.4, 0.5) is 0 Å². The molecule has 0 rings (SSSR count). The lowest BCUT2D eigenvalue weighted by atomic mass is 10.5. The first-order chi connectivity index (χ1) is 10.9. The minimum absolute atomic E-state index is 0.356. The molecule has 0 aliphatic carbocycles. The van der Waals surface area contributed by atoms with E-state index < -0.39 is 17.8 Å². The molecule has 0 saturated carbocycles. The van der Waals surface area contributed by atoms with Crippen LogP contribution < -0.4 is 0 Å². The number of hydrogen-bond acceptors (Lipinski definition) is 6. The Morgan fingerprint density at radius 3 is 2.13 bits per heavy atom. The largest absolute Gasteiger partial charge is 0.483 e. The van der Waals surface area contributed by atoms with Gasteiger partial charge in [-0.25, -0.2) is 4.79 Å². The van der Waals surface area contributed by atoms with Crippen molar-refractivity contribution in [1.29, 1.82) is 0 Å². The topological polar surface area (TPSA) is 63.2 Å². The molecule has 0 aliphatic heterocycles. The summed E-state index contributed by atoms with van der Waals surface area (Å²) in [6.45, 7) is 10.7. The van der Waals surface area contributed by atoms with E-state index in [0.717, 1.165) is 19.1 Å². The van der Waals surface area contributed by atoms with Crippen LogP contribution >= 0.6 is 0 Å². The molecule has 1 atom stereocenters. The highest BCUT2D eigenvalue weighted by atomic mass is 28.4. The second-order valence-corrected chi connectivity index (χ2v) is 10.5. The SMILES string of the molecule is C=CC(=O)OCCC[Si@](C)(C=CC)OCC.CO[SiH](OC)OC. The summed E-state index contributed by atoms with van der Waals surface area (Å²) in [4.78, 5) is 10.8. The third kappa shape index (κ3) is 14.5. The zero-order chi connectivity index (χ0) is 18.1. The summed E-state index contributed by atoms with van der Waals surface area (Å²) in [5.41, 5.74) is 2.17. The van der Waals surface area contributed by atoms with Crippen molar-refractivity contribution in [3.05, 3.63) is 24.4 Å². The maximum absolute atomic E-state index is 10.8. The normalized spacial score (nSPS) is 13.3. The van der Waals surface area contributed by atoms with Crippen molar-refractivity contribution in [3.63, 3.8) is 0 Å². The molecule has 8 heteroatoms. The van der Waals surface area contributed by atoms with Gasteiger partial charge in [0.05, 0.1) is 6.61 Å². The minimum Gasteiger partial charge on any atom is -0.463 e. The van der Waals surface area contributed by atoms with E-state index >= 15 is 0 Å². The summed E-state index contributed by atoms with van der Waals surface area (Å²) in [6, 6.07) is 0.968. The number of rotatable bonds is 11. The van der Waals surface area contributed by atoms with Crippen LogP contribution in [0.5, 0.6) is 0 Å². The monoisotopic (exact) mass is 364 g/mol. The maximum Gasteiger partial charge on any atom is 0.483 e. The van der Waals surface area contributed by atoms with Gasteiger partial charge in [-0.3, -0.25) is 0 Å². The van der Waals surface area contributed by atoms with Crippen molar-refractivity contribution in [2.24, 2.45) is 0 Å². The molecule has 0 amide bonds. The summed E-state index contributed by atoms with van der Waals surface area (Å²) in [6.07, 6.45) is 4.06. The van der Waals surface area contributed by atoms with Crippen molar-refractivity contribution in [2.75, 3.05) is 34.5 Å². The third-order valence-electron chi connectivity index (χ3n) is 2.80. The first-order valence-corrected chi connectivity index (χ1v) is 11.7. The predicted octanol–water partition coefficient (Wildman–Crippen LogP) is 2.48. The van der Waals surface area contributed by atoms with Gasteiger partial charge in [-0.05, 0) is 32.9 Å². The van der Waals surface area contributed by atoms with Crippen LogP contribution in [0, 0.1) is 0 Å². The lowest BCUT2D eigenvalue weighted by Crippen LogP contribution is -2.32. The molecule has 0 bridgehead atoms. The molecule has 0 aromatic carbocycles. The Hall–Kier alpha value is -0.776. The van der Waals surface area contributed by atoms with Crippen LogP contribution in [-0.4, -0.2) is 58.4 Å². The highest BCUT2D eigenvalue weighted by Gasteiger charge is 2.24. The van der Waals surface area contributed by atoms with Gasteiger partial charge in [0.2, 0.25) is 8.32 Å². The molecule has 6 nitrogen and oxygen atoms in total. The first kappa shape index (κ1) is 24.5. The Labute approximate surface area is 143 Å². The molecule has 0 unspecified atom stereocenters. The van der Waals surface area contributed by atoms with E-state index in [9.17, 15) is 4.79 Å². The average molecular weight is 365 g/mol. The minimum atomic E-state index is -1.73. The van der Waals surface area contributed by atoms with Gasteiger partial charge in [0.25, 0.3) is 0 Å². The van der Waals surface area contributed by atoms with Gasteiger partial charge in [0.1, 0.15) is 0 Å². The number of esters is 1. The quantitative estimate of drug-likeness (QED) is 0.243. The lowest BCUT2D eigenvalue weighted by molar-refractivity contribution is -0.137. The van der Waals surface area contributed by atoms with Crippen LogP contribution in [0.3, 0.4) is 0 Å². The van der Waals surface area contributed by atoms with Crippen LogP contribution in [0.15, 0.2) is 24.4 Å². The second kappa shape index (κ2) is 16.1. The summed E-state index contributed by atoms with van der Waals surface area (Å²) >= 11 is 0. The van der Waals surface area contributed by atoms with Gasteiger partial charge in [-0.15, -0.1) is 0 Å². The van der Waals surface area contributed by atoms with E-state index in [1.165, 1.54) is 6.08 Å². The van der Waals surface area contributed by atoms with Gasteiger partial charge in [-0.1, -0.05) is 18.4 Å². The Kier molecular flexibility index (Phi) is 17.1. The van der Waals surface area contributed by atoms with Gasteiger partial charge in [0.15, 0.2) is 0 Å². The zero-order valence-corrected chi connectivity index (χ0v) is 17.4. The summed E-state index contributed by atoms with van der Waals surface area (Å²) < 4.78 is 25.0. The third-order valence-corrected chi connectivity index (χ3v) is 7.29. The summed E-state index contributed by atoms with van der Waals surface area (Å²) in [7, 11) is 1.32. The van der Waals surface area contributed by atoms with E-state index in [0.29, 0.717) is 6.61 Å².